The summed E-state index contributed by atoms with van der Waals surface area (Å²) in [5.74, 6) is 0. The molecule has 0 aromatic carbocycles. The van der Waals surface area contributed by atoms with Crippen LogP contribution in [-0.2, 0) is 0 Å². The fourth-order valence-electron chi connectivity index (χ4n) is 0.546. The molecule has 1 nitrogen and oxygen atoms in total. The van der Waals surface area contributed by atoms with Gasteiger partial charge in [0.25, 0.3) is 0 Å². The Morgan fingerprint density at radius 3 is 1.90 bits per heavy atom. The summed E-state index contributed by atoms with van der Waals surface area (Å²) in [6, 6.07) is 0.264. The maximum Gasteiger partial charge on any atom is 0.0223 e. The van der Waals surface area contributed by atoms with Crippen LogP contribution in [0.3, 0.4) is 0 Å². The van der Waals surface area contributed by atoms with Crippen LogP contribution in [0, 0.1) is 0 Å². The first-order valence-electron chi connectivity index (χ1n) is 4.07. The van der Waals surface area contributed by atoms with Gasteiger partial charge in [0.1, 0.15) is 0 Å². The fraction of sp³-hybridized carbons (Fsp3) is 0.778. The highest BCUT2D eigenvalue weighted by Crippen LogP contribution is 1.94. The molecule has 0 spiro atoms. The normalized spacial score (nSPS) is 11.0. The molecule has 0 aliphatic rings. The lowest BCUT2D eigenvalue weighted by atomic mass is 10.2. The minimum atomic E-state index is 0.264. The van der Waals surface area contributed by atoms with Gasteiger partial charge in [0.2, 0.25) is 0 Å². The lowest BCUT2D eigenvalue weighted by molar-refractivity contribution is 0.776. The van der Waals surface area contributed by atoms with Crippen LogP contribution in [0.4, 0.5) is 0 Å². The van der Waals surface area contributed by atoms with Crippen molar-refractivity contribution in [3.05, 3.63) is 11.6 Å². The van der Waals surface area contributed by atoms with E-state index in [2.05, 4.69) is 26.8 Å². The molecule has 62 valence electrons. The third kappa shape index (κ3) is 10.6. The zero-order chi connectivity index (χ0) is 8.57. The predicted octanol–water partition coefficient (Wildman–Crippen LogP) is 2.72. The molecule has 0 saturated heterocycles. The van der Waals surface area contributed by atoms with Gasteiger partial charge in [-0.1, -0.05) is 32.4 Å². The van der Waals surface area contributed by atoms with E-state index in [0.717, 1.165) is 6.42 Å². The molecule has 0 bridgehead atoms. The van der Waals surface area contributed by atoms with Crippen molar-refractivity contribution in [3.63, 3.8) is 0 Å². The van der Waals surface area contributed by atoms with Crippen molar-refractivity contribution in [2.45, 2.75) is 47.1 Å². The van der Waals surface area contributed by atoms with Crippen LogP contribution in [0.2, 0.25) is 0 Å². The average molecular weight is 143 g/mol. The average Bonchev–Trinajstić information content (AvgIpc) is 1.91. The van der Waals surface area contributed by atoms with E-state index in [0.29, 0.717) is 0 Å². The summed E-state index contributed by atoms with van der Waals surface area (Å²) in [6.07, 6.45) is 3.12. The van der Waals surface area contributed by atoms with E-state index in [9.17, 15) is 0 Å². The molecule has 0 amide bonds. The third-order valence-electron chi connectivity index (χ3n) is 1.02. The molecule has 0 fully saturated rings. The second kappa shape index (κ2) is 8.70. The van der Waals surface area contributed by atoms with Crippen molar-refractivity contribution in [2.75, 3.05) is 0 Å². The van der Waals surface area contributed by atoms with Gasteiger partial charge < -0.3 is 5.73 Å². The van der Waals surface area contributed by atoms with Crippen LogP contribution in [0.25, 0.3) is 0 Å². The van der Waals surface area contributed by atoms with Crippen LogP contribution in [-0.4, -0.2) is 6.04 Å². The first kappa shape index (κ1) is 12.4. The van der Waals surface area contributed by atoms with Crippen LogP contribution in [0.5, 0.6) is 0 Å². The largest absolute Gasteiger partial charge is 0.324 e. The van der Waals surface area contributed by atoms with Gasteiger partial charge in [-0.15, -0.1) is 0 Å². The summed E-state index contributed by atoms with van der Waals surface area (Å²) in [5, 5.41) is 0. The topological polar surface area (TPSA) is 26.0 Å². The fourth-order valence-corrected chi connectivity index (χ4v) is 0.546. The Morgan fingerprint density at radius 2 is 1.80 bits per heavy atom. The molecule has 1 heteroatoms. The molecule has 0 aromatic rings. The standard InChI is InChI=1S/C7H15N.C2H6/c1-4-7(8)5-6(2)3;1-2/h5,7H,4,8H2,1-3H3;1-2H3. The summed E-state index contributed by atoms with van der Waals surface area (Å²) < 4.78 is 0. The number of hydrogen-bond donors (Lipinski definition) is 1. The summed E-state index contributed by atoms with van der Waals surface area (Å²) in [4.78, 5) is 0. The maximum absolute atomic E-state index is 5.60. The van der Waals surface area contributed by atoms with Gasteiger partial charge in [0.05, 0.1) is 0 Å². The Kier molecular flexibility index (Phi) is 10.8. The zero-order valence-electron chi connectivity index (χ0n) is 7.94. The number of allylic oxidation sites excluding steroid dienone is 1. The molecule has 1 atom stereocenters. The van der Waals surface area contributed by atoms with E-state index >= 15 is 0 Å². The van der Waals surface area contributed by atoms with E-state index < -0.39 is 0 Å². The van der Waals surface area contributed by atoms with Crippen LogP contribution < -0.4 is 5.73 Å². The van der Waals surface area contributed by atoms with Gasteiger partial charge in [-0.25, -0.2) is 0 Å². The van der Waals surface area contributed by atoms with Crippen molar-refractivity contribution in [1.29, 1.82) is 0 Å². The maximum atomic E-state index is 5.60. The molecule has 1 unspecified atom stereocenters. The van der Waals surface area contributed by atoms with Gasteiger partial charge in [0.15, 0.2) is 0 Å². The van der Waals surface area contributed by atoms with Crippen molar-refractivity contribution in [3.8, 4) is 0 Å². The van der Waals surface area contributed by atoms with Crippen LogP contribution in [0.1, 0.15) is 41.0 Å². The second-order valence-corrected chi connectivity index (χ2v) is 2.32. The number of rotatable bonds is 2. The molecular formula is C9H21N. The van der Waals surface area contributed by atoms with Crippen molar-refractivity contribution < 1.29 is 0 Å². The molecule has 0 rings (SSSR count). The highest BCUT2D eigenvalue weighted by Gasteiger charge is 1.89. The van der Waals surface area contributed by atoms with Crippen molar-refractivity contribution in [1.82, 2.24) is 0 Å². The van der Waals surface area contributed by atoms with Gasteiger partial charge in [-0.05, 0) is 20.3 Å². The molecule has 0 radical (unpaired) electrons. The quantitative estimate of drug-likeness (QED) is 0.591. The molecule has 10 heavy (non-hydrogen) atoms. The SMILES string of the molecule is CC.CCC(N)C=C(C)C. The van der Waals surface area contributed by atoms with E-state index in [-0.39, 0.29) is 6.04 Å². The predicted molar refractivity (Wildman–Crippen MR) is 49.0 cm³/mol. The highest BCUT2D eigenvalue weighted by molar-refractivity contribution is 4.98. The molecule has 2 N–H and O–H groups in total. The Morgan fingerprint density at radius 1 is 1.40 bits per heavy atom. The van der Waals surface area contributed by atoms with E-state index in [1.807, 2.05) is 13.8 Å². The third-order valence-corrected chi connectivity index (χ3v) is 1.02. The Bertz CT molecular complexity index is 80.7. The first-order chi connectivity index (χ1) is 4.66. The van der Waals surface area contributed by atoms with E-state index in [1.54, 1.807) is 0 Å². The lowest BCUT2D eigenvalue weighted by Crippen LogP contribution is -2.14. The molecule has 0 aliphatic heterocycles. The van der Waals surface area contributed by atoms with Gasteiger partial charge >= 0.3 is 0 Å². The zero-order valence-corrected chi connectivity index (χ0v) is 7.94. The van der Waals surface area contributed by atoms with E-state index in [4.69, 9.17) is 5.73 Å². The van der Waals surface area contributed by atoms with Gasteiger partial charge in [-0.2, -0.15) is 0 Å². The Labute approximate surface area is 65.3 Å². The van der Waals surface area contributed by atoms with Crippen molar-refractivity contribution in [2.24, 2.45) is 5.73 Å². The van der Waals surface area contributed by atoms with Crippen LogP contribution in [0.15, 0.2) is 11.6 Å². The van der Waals surface area contributed by atoms with Gasteiger partial charge in [-0.3, -0.25) is 0 Å². The summed E-state index contributed by atoms with van der Waals surface area (Å²) in [7, 11) is 0. The summed E-state index contributed by atoms with van der Waals surface area (Å²) in [5.41, 5.74) is 6.90. The smallest absolute Gasteiger partial charge is 0.0223 e. The van der Waals surface area contributed by atoms with Gasteiger partial charge in [0, 0.05) is 6.04 Å². The Balaban J connectivity index is 0. The first-order valence-corrected chi connectivity index (χ1v) is 4.07. The molecule has 0 aliphatic carbocycles. The molecule has 0 aromatic heterocycles. The monoisotopic (exact) mass is 143 g/mol. The molecular weight excluding hydrogens is 122 g/mol. The second-order valence-electron chi connectivity index (χ2n) is 2.32. The summed E-state index contributed by atoms with van der Waals surface area (Å²) in [6.45, 7) is 10.2. The number of nitrogens with two attached hydrogens (primary N) is 1. The van der Waals surface area contributed by atoms with Crippen molar-refractivity contribution >= 4 is 0 Å². The number of hydrogen-bond acceptors (Lipinski definition) is 1. The minimum Gasteiger partial charge on any atom is -0.324 e. The molecule has 0 heterocycles. The van der Waals surface area contributed by atoms with E-state index in [1.165, 1.54) is 5.57 Å². The minimum absolute atomic E-state index is 0.264. The highest BCUT2D eigenvalue weighted by atomic mass is 14.6. The summed E-state index contributed by atoms with van der Waals surface area (Å²) >= 11 is 0. The lowest BCUT2D eigenvalue weighted by Gasteiger charge is -2.00. The molecule has 0 saturated carbocycles. The van der Waals surface area contributed by atoms with Crippen LogP contribution >= 0.6 is 0 Å². The Hall–Kier alpha value is -0.300.